The van der Waals surface area contributed by atoms with Gasteiger partial charge in [0.05, 0.1) is 17.7 Å². The molecule has 0 spiro atoms. The van der Waals surface area contributed by atoms with Crippen LogP contribution in [0.1, 0.15) is 29.7 Å². The molecule has 21 heavy (non-hydrogen) atoms. The predicted molar refractivity (Wildman–Crippen MR) is 72.5 cm³/mol. The number of rotatable bonds is 4. The molecule has 0 aliphatic rings. The fourth-order valence-electron chi connectivity index (χ4n) is 1.94. The third-order valence-corrected chi connectivity index (χ3v) is 2.90. The van der Waals surface area contributed by atoms with Crippen LogP contribution in [0.15, 0.2) is 36.4 Å². The molecule has 0 radical (unpaired) electrons. The number of ether oxygens (including phenoxy) is 1. The highest BCUT2D eigenvalue weighted by molar-refractivity contribution is 5.37. The van der Waals surface area contributed by atoms with Crippen LogP contribution in [0.25, 0.3) is 0 Å². The standard InChI is InChI=1S/C16H13F2NO2/c1-10(20)15-7-13(17)2-3-16(15)21-9-12-4-11(8-19)5-14(18)6-12/h2-7,10,20H,9H2,1H3/t10-/m0/s1. The van der Waals surface area contributed by atoms with E-state index in [4.69, 9.17) is 10.00 Å². The molecule has 0 aromatic heterocycles. The lowest BCUT2D eigenvalue weighted by atomic mass is 10.1. The molecule has 2 rings (SSSR count). The van der Waals surface area contributed by atoms with Crippen LogP contribution in [-0.2, 0) is 6.61 Å². The maximum absolute atomic E-state index is 13.3. The van der Waals surface area contributed by atoms with Crippen molar-refractivity contribution in [3.05, 3.63) is 64.7 Å². The molecule has 0 aliphatic carbocycles. The van der Waals surface area contributed by atoms with Gasteiger partial charge in [0.1, 0.15) is 24.0 Å². The Bertz CT molecular complexity index is 693. The minimum atomic E-state index is -0.891. The summed E-state index contributed by atoms with van der Waals surface area (Å²) in [5, 5.41) is 18.4. The second kappa shape index (κ2) is 6.33. The highest BCUT2D eigenvalue weighted by Crippen LogP contribution is 2.26. The molecule has 0 aliphatic heterocycles. The normalized spacial score (nSPS) is 11.8. The Hall–Kier alpha value is -2.45. The first-order chi connectivity index (χ1) is 9.99. The van der Waals surface area contributed by atoms with Gasteiger partial charge in [-0.25, -0.2) is 8.78 Å². The Morgan fingerprint density at radius 3 is 2.62 bits per heavy atom. The lowest BCUT2D eigenvalue weighted by Crippen LogP contribution is -2.02. The van der Waals surface area contributed by atoms with Crippen molar-refractivity contribution < 1.29 is 18.6 Å². The van der Waals surface area contributed by atoms with Crippen LogP contribution in [0.5, 0.6) is 5.75 Å². The Labute approximate surface area is 121 Å². The van der Waals surface area contributed by atoms with E-state index in [1.54, 1.807) is 0 Å². The third-order valence-electron chi connectivity index (χ3n) is 2.90. The van der Waals surface area contributed by atoms with Crippen LogP contribution in [0.3, 0.4) is 0 Å². The smallest absolute Gasteiger partial charge is 0.125 e. The summed E-state index contributed by atoms with van der Waals surface area (Å²) in [5.41, 5.74) is 0.989. The minimum Gasteiger partial charge on any atom is -0.489 e. The molecular formula is C16H13F2NO2. The Balaban J connectivity index is 2.21. The van der Waals surface area contributed by atoms with Gasteiger partial charge in [-0.15, -0.1) is 0 Å². The highest BCUT2D eigenvalue weighted by Gasteiger charge is 2.11. The second-order valence-electron chi connectivity index (χ2n) is 4.61. The summed E-state index contributed by atoms with van der Waals surface area (Å²) in [7, 11) is 0. The van der Waals surface area contributed by atoms with Gasteiger partial charge in [-0.05, 0) is 48.9 Å². The van der Waals surface area contributed by atoms with Crippen molar-refractivity contribution in [3.63, 3.8) is 0 Å². The van der Waals surface area contributed by atoms with Gasteiger partial charge in [0, 0.05) is 5.56 Å². The Morgan fingerprint density at radius 2 is 1.95 bits per heavy atom. The van der Waals surface area contributed by atoms with Crippen LogP contribution >= 0.6 is 0 Å². The van der Waals surface area contributed by atoms with Gasteiger partial charge >= 0.3 is 0 Å². The third kappa shape index (κ3) is 3.77. The molecule has 0 bridgehead atoms. The number of hydrogen-bond donors (Lipinski definition) is 1. The summed E-state index contributed by atoms with van der Waals surface area (Å²) in [5.74, 6) is -0.688. The number of halogens is 2. The zero-order chi connectivity index (χ0) is 15.4. The van der Waals surface area contributed by atoms with E-state index in [0.29, 0.717) is 16.9 Å². The van der Waals surface area contributed by atoms with Crippen molar-refractivity contribution in [2.75, 3.05) is 0 Å². The lowest BCUT2D eigenvalue weighted by Gasteiger charge is -2.13. The maximum Gasteiger partial charge on any atom is 0.125 e. The first-order valence-corrected chi connectivity index (χ1v) is 6.29. The van der Waals surface area contributed by atoms with Gasteiger partial charge in [-0.1, -0.05) is 0 Å². The Morgan fingerprint density at radius 1 is 1.19 bits per heavy atom. The zero-order valence-electron chi connectivity index (χ0n) is 11.3. The molecule has 0 saturated carbocycles. The first-order valence-electron chi connectivity index (χ1n) is 6.29. The van der Waals surface area contributed by atoms with E-state index in [0.717, 1.165) is 6.07 Å². The largest absolute Gasteiger partial charge is 0.489 e. The summed E-state index contributed by atoms with van der Waals surface area (Å²) in [6.07, 6.45) is -0.891. The summed E-state index contributed by atoms with van der Waals surface area (Å²) in [6, 6.07) is 9.56. The molecule has 2 aromatic carbocycles. The minimum absolute atomic E-state index is 0.0117. The van der Waals surface area contributed by atoms with Crippen LogP contribution in [0, 0.1) is 23.0 Å². The second-order valence-corrected chi connectivity index (χ2v) is 4.61. The van der Waals surface area contributed by atoms with E-state index in [1.807, 2.05) is 6.07 Å². The van der Waals surface area contributed by atoms with Crippen molar-refractivity contribution in [1.82, 2.24) is 0 Å². The molecule has 1 atom stereocenters. The summed E-state index contributed by atoms with van der Waals surface area (Å²) in [6.45, 7) is 1.51. The van der Waals surface area contributed by atoms with E-state index in [9.17, 15) is 13.9 Å². The molecule has 3 nitrogen and oxygen atoms in total. The van der Waals surface area contributed by atoms with Crippen molar-refractivity contribution in [2.45, 2.75) is 19.6 Å². The fraction of sp³-hybridized carbons (Fsp3) is 0.188. The molecule has 0 unspecified atom stereocenters. The van der Waals surface area contributed by atoms with Crippen molar-refractivity contribution in [2.24, 2.45) is 0 Å². The van der Waals surface area contributed by atoms with Crippen molar-refractivity contribution in [3.8, 4) is 11.8 Å². The topological polar surface area (TPSA) is 53.2 Å². The first kappa shape index (κ1) is 14.9. The predicted octanol–water partition coefficient (Wildman–Crippen LogP) is 3.47. The van der Waals surface area contributed by atoms with Crippen LogP contribution in [0.2, 0.25) is 0 Å². The molecule has 108 valence electrons. The Kier molecular flexibility index (Phi) is 4.51. The highest BCUT2D eigenvalue weighted by atomic mass is 19.1. The zero-order valence-corrected chi connectivity index (χ0v) is 11.3. The van der Waals surface area contributed by atoms with Crippen LogP contribution < -0.4 is 4.74 Å². The van der Waals surface area contributed by atoms with E-state index in [2.05, 4.69) is 0 Å². The summed E-state index contributed by atoms with van der Waals surface area (Å²) >= 11 is 0. The van der Waals surface area contributed by atoms with Crippen LogP contribution in [-0.4, -0.2) is 5.11 Å². The number of hydrogen-bond acceptors (Lipinski definition) is 3. The number of nitrogens with zero attached hydrogens (tertiary/aromatic N) is 1. The summed E-state index contributed by atoms with van der Waals surface area (Å²) < 4.78 is 32.0. The maximum atomic E-state index is 13.3. The number of nitriles is 1. The SMILES string of the molecule is C[C@H](O)c1cc(F)ccc1OCc1cc(F)cc(C#N)c1. The van der Waals surface area contributed by atoms with Crippen molar-refractivity contribution in [1.29, 1.82) is 5.26 Å². The van der Waals surface area contributed by atoms with E-state index < -0.39 is 17.7 Å². The molecule has 2 aromatic rings. The molecule has 5 heteroatoms. The number of aliphatic hydroxyl groups is 1. The van der Waals surface area contributed by atoms with E-state index >= 15 is 0 Å². The average molecular weight is 289 g/mol. The van der Waals surface area contributed by atoms with E-state index in [1.165, 1.54) is 37.3 Å². The number of aliphatic hydroxyl groups excluding tert-OH is 1. The molecular weight excluding hydrogens is 276 g/mol. The van der Waals surface area contributed by atoms with Gasteiger partial charge in [0.25, 0.3) is 0 Å². The van der Waals surface area contributed by atoms with Gasteiger partial charge < -0.3 is 9.84 Å². The van der Waals surface area contributed by atoms with E-state index in [-0.39, 0.29) is 12.2 Å². The monoisotopic (exact) mass is 289 g/mol. The van der Waals surface area contributed by atoms with Crippen molar-refractivity contribution >= 4 is 0 Å². The van der Waals surface area contributed by atoms with Crippen LogP contribution in [0.4, 0.5) is 8.78 Å². The number of benzene rings is 2. The van der Waals surface area contributed by atoms with Gasteiger partial charge in [-0.3, -0.25) is 0 Å². The lowest BCUT2D eigenvalue weighted by molar-refractivity contribution is 0.189. The molecule has 0 saturated heterocycles. The quantitative estimate of drug-likeness (QED) is 0.937. The summed E-state index contributed by atoms with van der Waals surface area (Å²) in [4.78, 5) is 0. The molecule has 1 N–H and O–H groups in total. The van der Waals surface area contributed by atoms with Gasteiger partial charge in [0.2, 0.25) is 0 Å². The molecule has 0 fully saturated rings. The average Bonchev–Trinajstić information content (AvgIpc) is 2.45. The molecule has 0 amide bonds. The fourth-order valence-corrected chi connectivity index (χ4v) is 1.94. The molecule has 0 heterocycles. The van der Waals surface area contributed by atoms with Gasteiger partial charge in [0.15, 0.2) is 0 Å². The van der Waals surface area contributed by atoms with Gasteiger partial charge in [-0.2, -0.15) is 5.26 Å².